The molecule has 1 aromatic heterocycles. The summed E-state index contributed by atoms with van der Waals surface area (Å²) in [4.78, 5) is 16.4. The standard InChI is InChI=1S/C11H15N3O2/c1-12-5-4-10(15)7-2-3-8-9(6-7)14-11(16)13-8/h2-3,6,10,12,15H,4-5H2,1H3,(H2,13,14,16). The lowest BCUT2D eigenvalue weighted by Gasteiger charge is -2.10. The Hall–Kier alpha value is -1.59. The fourth-order valence-electron chi connectivity index (χ4n) is 1.71. The van der Waals surface area contributed by atoms with Crippen LogP contribution in [0.25, 0.3) is 11.0 Å². The van der Waals surface area contributed by atoms with Crippen molar-refractivity contribution in [1.29, 1.82) is 0 Å². The second kappa shape index (κ2) is 4.51. The van der Waals surface area contributed by atoms with E-state index in [0.29, 0.717) is 6.42 Å². The highest BCUT2D eigenvalue weighted by molar-refractivity contribution is 5.75. The van der Waals surface area contributed by atoms with E-state index >= 15 is 0 Å². The number of nitrogens with one attached hydrogen (secondary N) is 3. The van der Waals surface area contributed by atoms with E-state index in [1.54, 1.807) is 12.1 Å². The van der Waals surface area contributed by atoms with E-state index < -0.39 is 6.10 Å². The first kappa shape index (κ1) is 10.9. The number of hydrogen-bond donors (Lipinski definition) is 4. The molecule has 5 nitrogen and oxygen atoms in total. The molecule has 1 aromatic carbocycles. The largest absolute Gasteiger partial charge is 0.388 e. The van der Waals surface area contributed by atoms with E-state index in [2.05, 4.69) is 15.3 Å². The molecule has 0 aliphatic carbocycles. The van der Waals surface area contributed by atoms with Crippen molar-refractivity contribution in [3.63, 3.8) is 0 Å². The summed E-state index contributed by atoms with van der Waals surface area (Å²) < 4.78 is 0. The molecule has 1 unspecified atom stereocenters. The minimum Gasteiger partial charge on any atom is -0.388 e. The zero-order chi connectivity index (χ0) is 11.5. The highest BCUT2D eigenvalue weighted by Crippen LogP contribution is 2.19. The molecule has 2 aromatic rings. The molecule has 0 radical (unpaired) electrons. The van der Waals surface area contributed by atoms with Crippen molar-refractivity contribution in [3.05, 3.63) is 34.2 Å². The Labute approximate surface area is 92.5 Å². The number of benzene rings is 1. The molecule has 86 valence electrons. The van der Waals surface area contributed by atoms with E-state index in [0.717, 1.165) is 23.1 Å². The minimum absolute atomic E-state index is 0.225. The van der Waals surface area contributed by atoms with Crippen LogP contribution in [0.5, 0.6) is 0 Å². The van der Waals surface area contributed by atoms with Crippen molar-refractivity contribution in [1.82, 2.24) is 15.3 Å². The summed E-state index contributed by atoms with van der Waals surface area (Å²) in [5.41, 5.74) is 2.08. The number of aliphatic hydroxyl groups is 1. The second-order valence-corrected chi connectivity index (χ2v) is 3.79. The van der Waals surface area contributed by atoms with Gasteiger partial charge in [-0.15, -0.1) is 0 Å². The predicted molar refractivity (Wildman–Crippen MR) is 62.4 cm³/mol. The van der Waals surface area contributed by atoms with Gasteiger partial charge < -0.3 is 20.4 Å². The van der Waals surface area contributed by atoms with Gasteiger partial charge in [-0.25, -0.2) is 4.79 Å². The van der Waals surface area contributed by atoms with E-state index in [4.69, 9.17) is 0 Å². The minimum atomic E-state index is -0.504. The van der Waals surface area contributed by atoms with Crippen LogP contribution in [0.15, 0.2) is 23.0 Å². The van der Waals surface area contributed by atoms with Gasteiger partial charge in [0.05, 0.1) is 17.1 Å². The quantitative estimate of drug-likeness (QED) is 0.607. The molecular weight excluding hydrogens is 206 g/mol. The third-order valence-electron chi connectivity index (χ3n) is 2.59. The third kappa shape index (κ3) is 2.15. The van der Waals surface area contributed by atoms with E-state index in [-0.39, 0.29) is 5.69 Å². The molecular formula is C11H15N3O2. The van der Waals surface area contributed by atoms with Crippen molar-refractivity contribution in [2.75, 3.05) is 13.6 Å². The summed E-state index contributed by atoms with van der Waals surface area (Å²) in [6, 6.07) is 5.42. The number of fused-ring (bicyclic) bond motifs is 1. The van der Waals surface area contributed by atoms with Crippen LogP contribution in [0, 0.1) is 0 Å². The van der Waals surface area contributed by atoms with Crippen molar-refractivity contribution in [2.24, 2.45) is 0 Å². The Bertz CT molecular complexity index is 529. The molecule has 1 atom stereocenters. The van der Waals surface area contributed by atoms with Crippen LogP contribution in [-0.4, -0.2) is 28.7 Å². The molecule has 16 heavy (non-hydrogen) atoms. The summed E-state index contributed by atoms with van der Waals surface area (Å²) in [6.45, 7) is 0.753. The van der Waals surface area contributed by atoms with Gasteiger partial charge in [0.15, 0.2) is 0 Å². The van der Waals surface area contributed by atoms with E-state index in [1.807, 2.05) is 13.1 Å². The molecule has 0 aliphatic heterocycles. The van der Waals surface area contributed by atoms with Gasteiger partial charge in [-0.05, 0) is 37.7 Å². The van der Waals surface area contributed by atoms with Crippen LogP contribution >= 0.6 is 0 Å². The number of aromatic nitrogens is 2. The molecule has 0 fully saturated rings. The average Bonchev–Trinajstić information content (AvgIpc) is 2.64. The molecule has 0 saturated carbocycles. The number of rotatable bonds is 4. The second-order valence-electron chi connectivity index (χ2n) is 3.79. The van der Waals surface area contributed by atoms with Gasteiger partial charge in [-0.3, -0.25) is 0 Å². The van der Waals surface area contributed by atoms with Crippen LogP contribution in [0.3, 0.4) is 0 Å². The topological polar surface area (TPSA) is 80.9 Å². The lowest BCUT2D eigenvalue weighted by atomic mass is 10.1. The number of aliphatic hydroxyl groups excluding tert-OH is 1. The Morgan fingerprint density at radius 3 is 2.88 bits per heavy atom. The van der Waals surface area contributed by atoms with Gasteiger partial charge in [-0.1, -0.05) is 6.07 Å². The Morgan fingerprint density at radius 1 is 1.38 bits per heavy atom. The van der Waals surface area contributed by atoms with Crippen LogP contribution in [-0.2, 0) is 0 Å². The molecule has 2 rings (SSSR count). The van der Waals surface area contributed by atoms with Crippen molar-refractivity contribution < 1.29 is 5.11 Å². The van der Waals surface area contributed by atoms with Gasteiger partial charge in [0.1, 0.15) is 0 Å². The first-order valence-electron chi connectivity index (χ1n) is 5.25. The maximum absolute atomic E-state index is 11.1. The lowest BCUT2D eigenvalue weighted by molar-refractivity contribution is 0.168. The molecule has 0 aliphatic rings. The smallest absolute Gasteiger partial charge is 0.323 e. The normalized spacial score (nSPS) is 13.1. The average molecular weight is 221 g/mol. The predicted octanol–water partition coefficient (Wildman–Crippen LogP) is 0.499. The van der Waals surface area contributed by atoms with Crippen LogP contribution in [0.2, 0.25) is 0 Å². The van der Waals surface area contributed by atoms with Gasteiger partial charge in [0.25, 0.3) is 0 Å². The van der Waals surface area contributed by atoms with Crippen molar-refractivity contribution in [2.45, 2.75) is 12.5 Å². The summed E-state index contributed by atoms with van der Waals surface area (Å²) in [7, 11) is 1.85. The summed E-state index contributed by atoms with van der Waals surface area (Å²) in [5, 5.41) is 12.9. The fraction of sp³-hybridized carbons (Fsp3) is 0.364. The van der Waals surface area contributed by atoms with Gasteiger partial charge >= 0.3 is 5.69 Å². The molecule has 0 spiro atoms. The highest BCUT2D eigenvalue weighted by Gasteiger charge is 2.08. The SMILES string of the molecule is CNCCC(O)c1ccc2[nH]c(=O)[nH]c2c1. The number of H-pyrrole nitrogens is 2. The zero-order valence-corrected chi connectivity index (χ0v) is 9.08. The van der Waals surface area contributed by atoms with Crippen LogP contribution in [0.1, 0.15) is 18.1 Å². The number of aromatic amines is 2. The third-order valence-corrected chi connectivity index (χ3v) is 2.59. The Balaban J connectivity index is 2.27. The fourth-order valence-corrected chi connectivity index (χ4v) is 1.71. The Morgan fingerprint density at radius 2 is 2.12 bits per heavy atom. The van der Waals surface area contributed by atoms with Gasteiger partial charge in [0, 0.05) is 0 Å². The maximum atomic E-state index is 11.1. The van der Waals surface area contributed by atoms with E-state index in [1.165, 1.54) is 0 Å². The molecule has 1 heterocycles. The molecule has 0 saturated heterocycles. The summed E-state index contributed by atoms with van der Waals surface area (Å²) in [6.07, 6.45) is 0.145. The molecule has 4 N–H and O–H groups in total. The monoisotopic (exact) mass is 221 g/mol. The number of hydrogen-bond acceptors (Lipinski definition) is 3. The first-order chi connectivity index (χ1) is 7.70. The zero-order valence-electron chi connectivity index (χ0n) is 9.08. The molecule has 0 bridgehead atoms. The van der Waals surface area contributed by atoms with Crippen molar-refractivity contribution in [3.8, 4) is 0 Å². The van der Waals surface area contributed by atoms with Crippen LogP contribution in [0.4, 0.5) is 0 Å². The molecule has 5 heteroatoms. The maximum Gasteiger partial charge on any atom is 0.323 e. The summed E-state index contributed by atoms with van der Waals surface area (Å²) in [5.74, 6) is 0. The van der Waals surface area contributed by atoms with Crippen LogP contribution < -0.4 is 11.0 Å². The van der Waals surface area contributed by atoms with Gasteiger partial charge in [-0.2, -0.15) is 0 Å². The van der Waals surface area contributed by atoms with Crippen molar-refractivity contribution >= 4 is 11.0 Å². The molecule has 0 amide bonds. The first-order valence-corrected chi connectivity index (χ1v) is 5.25. The lowest BCUT2D eigenvalue weighted by Crippen LogP contribution is -2.11. The number of imidazole rings is 1. The summed E-state index contributed by atoms with van der Waals surface area (Å²) >= 11 is 0. The Kier molecular flexibility index (Phi) is 3.07. The van der Waals surface area contributed by atoms with E-state index in [9.17, 15) is 9.90 Å². The highest BCUT2D eigenvalue weighted by atomic mass is 16.3. The van der Waals surface area contributed by atoms with Gasteiger partial charge in [0.2, 0.25) is 0 Å².